The van der Waals surface area contributed by atoms with Gasteiger partial charge >= 0.3 is 18.0 Å². The number of nitrogens with zero attached hydrogens (tertiary/aromatic N) is 2. The molecule has 0 saturated carbocycles. The molecule has 4 N–H and O–H groups in total. The lowest BCUT2D eigenvalue weighted by Gasteiger charge is -2.10. The molecule has 0 bridgehead atoms. The minimum Gasteiger partial charge on any atom is -0.466 e. The maximum Gasteiger partial charge on any atom is 0.413 e. The summed E-state index contributed by atoms with van der Waals surface area (Å²) in [5, 5.41) is 9.54. The molecule has 0 aromatic carbocycles. The van der Waals surface area contributed by atoms with Crippen molar-refractivity contribution in [2.75, 3.05) is 34.4 Å². The van der Waals surface area contributed by atoms with Gasteiger partial charge in [-0.1, -0.05) is 0 Å². The summed E-state index contributed by atoms with van der Waals surface area (Å²) in [6.07, 6.45) is 1.26. The molecule has 11 nitrogen and oxygen atoms in total. The fourth-order valence-electron chi connectivity index (χ4n) is 1.03. The Morgan fingerprint density at radius 1 is 1.17 bits per heavy atom. The highest BCUT2D eigenvalue weighted by Gasteiger charge is 2.06. The number of ether oxygens (including phenoxy) is 3. The van der Waals surface area contributed by atoms with E-state index in [1.807, 2.05) is 0 Å². The highest BCUT2D eigenvalue weighted by atomic mass is 16.6. The zero-order valence-corrected chi connectivity index (χ0v) is 13.7. The third-order valence-corrected chi connectivity index (χ3v) is 2.20. The van der Waals surface area contributed by atoms with E-state index in [0.29, 0.717) is 0 Å². The first-order valence-electron chi connectivity index (χ1n) is 6.72. The van der Waals surface area contributed by atoms with Gasteiger partial charge in [0.05, 0.1) is 20.3 Å². The Morgan fingerprint density at radius 2 is 1.75 bits per heavy atom. The van der Waals surface area contributed by atoms with Gasteiger partial charge < -0.3 is 24.8 Å². The van der Waals surface area contributed by atoms with Crippen LogP contribution in [0.2, 0.25) is 0 Å². The molecule has 134 valence electrons. The van der Waals surface area contributed by atoms with Gasteiger partial charge in [-0.05, 0) is 0 Å². The van der Waals surface area contributed by atoms with Crippen LogP contribution in [-0.2, 0) is 23.8 Å². The van der Waals surface area contributed by atoms with Gasteiger partial charge in [0.25, 0.3) is 0 Å². The van der Waals surface area contributed by atoms with Crippen molar-refractivity contribution in [3.8, 4) is 0 Å². The fourth-order valence-corrected chi connectivity index (χ4v) is 1.03. The van der Waals surface area contributed by atoms with E-state index >= 15 is 0 Å². The topological polar surface area (TPSA) is 156 Å². The molecule has 0 radical (unpaired) electrons. The van der Waals surface area contributed by atoms with Gasteiger partial charge in [0, 0.05) is 32.7 Å². The number of guanidine groups is 2. The largest absolute Gasteiger partial charge is 0.466 e. The van der Waals surface area contributed by atoms with Crippen molar-refractivity contribution in [2.24, 2.45) is 10.7 Å². The number of nitrogens with one attached hydrogen (secondary N) is 2. The number of methoxy groups -OCH3 is 1. The molecule has 0 rings (SSSR count). The van der Waals surface area contributed by atoms with E-state index < -0.39 is 18.0 Å². The Kier molecular flexibility index (Phi) is 9.97. The number of esters is 2. The standard InChI is InChI=1S/C13H21N5O6/c1-18(2)12(15)16-11(14)17-13(21)24-8-4-7-23-10(20)6-5-9(19)22-3/h5-6H,4,7-8H2,1-3H3,(H4,14,15,16,17,21)/b6-5+. The molecule has 24 heavy (non-hydrogen) atoms. The predicted molar refractivity (Wildman–Crippen MR) is 84.3 cm³/mol. The minimum atomic E-state index is -0.847. The zero-order chi connectivity index (χ0) is 18.5. The van der Waals surface area contributed by atoms with E-state index in [9.17, 15) is 14.4 Å². The molecule has 11 heteroatoms. The van der Waals surface area contributed by atoms with Gasteiger partial charge in [0.2, 0.25) is 11.9 Å². The van der Waals surface area contributed by atoms with Crippen molar-refractivity contribution in [3.63, 3.8) is 0 Å². The van der Waals surface area contributed by atoms with Crippen LogP contribution in [0.5, 0.6) is 0 Å². The smallest absolute Gasteiger partial charge is 0.413 e. The van der Waals surface area contributed by atoms with Gasteiger partial charge in [0.15, 0.2) is 0 Å². The summed E-state index contributed by atoms with van der Waals surface area (Å²) >= 11 is 0. The number of carbonyl (C=O) groups excluding carboxylic acids is 3. The monoisotopic (exact) mass is 343 g/mol. The summed E-state index contributed by atoms with van der Waals surface area (Å²) < 4.78 is 13.8. The molecule has 0 aromatic rings. The Balaban J connectivity index is 3.91. The van der Waals surface area contributed by atoms with E-state index in [1.54, 1.807) is 14.1 Å². The Hall–Kier alpha value is -3.11. The molecule has 0 aliphatic rings. The Bertz CT molecular complexity index is 529. The van der Waals surface area contributed by atoms with Gasteiger partial charge in [0.1, 0.15) is 0 Å². The van der Waals surface area contributed by atoms with Crippen molar-refractivity contribution < 1.29 is 28.6 Å². The number of amides is 1. The van der Waals surface area contributed by atoms with E-state index in [0.717, 1.165) is 12.2 Å². The maximum atomic E-state index is 11.4. The van der Waals surface area contributed by atoms with Crippen LogP contribution in [0, 0.1) is 5.41 Å². The van der Waals surface area contributed by atoms with Crippen LogP contribution in [0.15, 0.2) is 17.1 Å². The molecule has 1 amide bonds. The molecule has 0 fully saturated rings. The van der Waals surface area contributed by atoms with Crippen LogP contribution in [0.3, 0.4) is 0 Å². The average Bonchev–Trinajstić information content (AvgIpc) is 2.51. The summed E-state index contributed by atoms with van der Waals surface area (Å²) in [6.45, 7) is -0.0370. The zero-order valence-electron chi connectivity index (χ0n) is 13.7. The van der Waals surface area contributed by atoms with Crippen molar-refractivity contribution in [3.05, 3.63) is 12.2 Å². The van der Waals surface area contributed by atoms with Crippen LogP contribution in [0.4, 0.5) is 4.79 Å². The number of nitrogens with two attached hydrogens (primary N) is 1. The van der Waals surface area contributed by atoms with E-state index in [-0.39, 0.29) is 31.6 Å². The molecular formula is C13H21N5O6. The molecule has 0 atom stereocenters. The quantitative estimate of drug-likeness (QED) is 0.141. The summed E-state index contributed by atoms with van der Waals surface area (Å²) in [7, 11) is 4.37. The van der Waals surface area contributed by atoms with Crippen molar-refractivity contribution >= 4 is 30.0 Å². The van der Waals surface area contributed by atoms with E-state index in [1.165, 1.54) is 12.0 Å². The van der Waals surface area contributed by atoms with Crippen LogP contribution in [0.25, 0.3) is 0 Å². The Labute approximate surface area is 138 Å². The number of hydrogen-bond donors (Lipinski definition) is 3. The molecule has 0 spiro atoms. The molecule has 0 saturated heterocycles. The lowest BCUT2D eigenvalue weighted by Crippen LogP contribution is -2.39. The molecule has 0 heterocycles. The lowest BCUT2D eigenvalue weighted by molar-refractivity contribution is -0.139. The van der Waals surface area contributed by atoms with Crippen LogP contribution >= 0.6 is 0 Å². The summed E-state index contributed by atoms with van der Waals surface area (Å²) in [5.41, 5.74) is 5.41. The number of carbonyl (C=O) groups is 3. The SMILES string of the molecule is COC(=O)/C=C/C(=O)OCCCOC(=O)NC(N)=NC(=N)N(C)C. The molecule has 0 unspecified atom stereocenters. The van der Waals surface area contributed by atoms with Gasteiger partial charge in [-0.2, -0.15) is 4.99 Å². The number of alkyl carbamates (subject to hydrolysis) is 1. The molecule has 0 aliphatic heterocycles. The summed E-state index contributed by atoms with van der Waals surface area (Å²) in [6, 6.07) is 0. The van der Waals surface area contributed by atoms with Crippen LogP contribution in [-0.4, -0.2) is 69.3 Å². The molecule has 0 aromatic heterocycles. The maximum absolute atomic E-state index is 11.4. The normalized spacial score (nSPS) is 10.9. The third-order valence-electron chi connectivity index (χ3n) is 2.20. The van der Waals surface area contributed by atoms with Gasteiger partial charge in [-0.15, -0.1) is 0 Å². The first kappa shape index (κ1) is 20.9. The lowest BCUT2D eigenvalue weighted by atomic mass is 10.4. The number of aliphatic imine (C=N–C) groups is 1. The second-order valence-corrected chi connectivity index (χ2v) is 4.35. The highest BCUT2D eigenvalue weighted by Crippen LogP contribution is 1.90. The second kappa shape index (κ2) is 11.5. The van der Waals surface area contributed by atoms with Gasteiger partial charge in [-0.25, -0.2) is 14.4 Å². The van der Waals surface area contributed by atoms with E-state index in [4.69, 9.17) is 20.6 Å². The minimum absolute atomic E-state index is 0.00747. The van der Waals surface area contributed by atoms with Crippen molar-refractivity contribution in [1.29, 1.82) is 5.41 Å². The highest BCUT2D eigenvalue weighted by molar-refractivity contribution is 5.99. The van der Waals surface area contributed by atoms with Crippen LogP contribution < -0.4 is 11.1 Å². The summed E-state index contributed by atoms with van der Waals surface area (Å²) in [5.74, 6) is -1.81. The fraction of sp³-hybridized carbons (Fsp3) is 0.462. The first-order valence-corrected chi connectivity index (χ1v) is 6.72. The molecular weight excluding hydrogens is 322 g/mol. The number of hydrogen-bond acceptors (Lipinski definition) is 7. The van der Waals surface area contributed by atoms with Crippen molar-refractivity contribution in [2.45, 2.75) is 6.42 Å². The van der Waals surface area contributed by atoms with Gasteiger partial charge in [-0.3, -0.25) is 10.7 Å². The van der Waals surface area contributed by atoms with E-state index in [2.05, 4.69) is 15.0 Å². The number of rotatable bonds is 6. The first-order chi connectivity index (χ1) is 11.3. The Morgan fingerprint density at radius 3 is 2.33 bits per heavy atom. The molecule has 0 aliphatic carbocycles. The second-order valence-electron chi connectivity index (χ2n) is 4.35. The van der Waals surface area contributed by atoms with Crippen molar-refractivity contribution in [1.82, 2.24) is 10.2 Å². The summed E-state index contributed by atoms with van der Waals surface area (Å²) in [4.78, 5) is 38.3. The third kappa shape index (κ3) is 10.6. The van der Waals surface area contributed by atoms with Crippen LogP contribution in [0.1, 0.15) is 6.42 Å². The average molecular weight is 343 g/mol. The predicted octanol–water partition coefficient (Wildman–Crippen LogP) is -0.814.